The molecule has 0 aliphatic heterocycles. The first kappa shape index (κ1) is 18.8. The van der Waals surface area contributed by atoms with Crippen molar-refractivity contribution in [3.05, 3.63) is 0 Å². The van der Waals surface area contributed by atoms with E-state index in [4.69, 9.17) is 14.2 Å². The summed E-state index contributed by atoms with van der Waals surface area (Å²) < 4.78 is 15.8. The highest BCUT2D eigenvalue weighted by Crippen LogP contribution is 2.32. The Balaban J connectivity index is 3.63. The minimum absolute atomic E-state index is 0.0485. The van der Waals surface area contributed by atoms with Crippen LogP contribution in [0, 0.1) is 5.41 Å². The van der Waals surface area contributed by atoms with Gasteiger partial charge in [-0.05, 0) is 24.7 Å². The Hall–Kier alpha value is -0.160. The fourth-order valence-electron chi connectivity index (χ4n) is 2.05. The summed E-state index contributed by atoms with van der Waals surface area (Å²) in [6.45, 7) is 7.76. The third-order valence-corrected chi connectivity index (χ3v) is 3.73. The second kappa shape index (κ2) is 12.9. The smallest absolute Gasteiger partial charge is 0.0701 e. The number of hydrogen-bond donors (Lipinski definition) is 1. The Bertz CT molecular complexity index is 181. The van der Waals surface area contributed by atoms with Crippen LogP contribution < -0.4 is 0 Å². The van der Waals surface area contributed by atoms with Crippen molar-refractivity contribution in [3.63, 3.8) is 0 Å². The molecule has 4 heteroatoms. The zero-order chi connectivity index (χ0) is 14.4. The standard InChI is InChI=1S/C15H32O4/c1-4-6-7-15(5-2,14-16)8-9-18-12-13-19-11-10-17-3/h16H,4-14H2,1-3H3. The van der Waals surface area contributed by atoms with Crippen molar-refractivity contribution in [2.75, 3.05) is 46.8 Å². The van der Waals surface area contributed by atoms with Crippen molar-refractivity contribution in [2.24, 2.45) is 5.41 Å². The summed E-state index contributed by atoms with van der Waals surface area (Å²) in [6, 6.07) is 0. The zero-order valence-corrected chi connectivity index (χ0v) is 13.0. The van der Waals surface area contributed by atoms with E-state index >= 15 is 0 Å². The Kier molecular flexibility index (Phi) is 12.7. The molecule has 0 aromatic rings. The van der Waals surface area contributed by atoms with Gasteiger partial charge < -0.3 is 19.3 Å². The minimum Gasteiger partial charge on any atom is -0.396 e. The van der Waals surface area contributed by atoms with Crippen LogP contribution in [0.2, 0.25) is 0 Å². The van der Waals surface area contributed by atoms with Gasteiger partial charge in [-0.2, -0.15) is 0 Å². The molecule has 0 aliphatic carbocycles. The molecule has 0 rings (SSSR count). The molecule has 0 radical (unpaired) electrons. The lowest BCUT2D eigenvalue weighted by Gasteiger charge is -2.30. The van der Waals surface area contributed by atoms with Crippen molar-refractivity contribution in [1.29, 1.82) is 0 Å². The van der Waals surface area contributed by atoms with Crippen molar-refractivity contribution in [3.8, 4) is 0 Å². The lowest BCUT2D eigenvalue weighted by Crippen LogP contribution is -2.27. The van der Waals surface area contributed by atoms with Crippen LogP contribution in [0.5, 0.6) is 0 Å². The van der Waals surface area contributed by atoms with Gasteiger partial charge in [-0.1, -0.05) is 26.7 Å². The average Bonchev–Trinajstić information content (AvgIpc) is 2.45. The predicted octanol–water partition coefficient (Wildman–Crippen LogP) is 2.64. The molecule has 0 bridgehead atoms. The van der Waals surface area contributed by atoms with E-state index in [0.717, 1.165) is 19.3 Å². The zero-order valence-electron chi connectivity index (χ0n) is 13.0. The van der Waals surface area contributed by atoms with Gasteiger partial charge in [0, 0.05) is 20.3 Å². The quantitative estimate of drug-likeness (QED) is 0.495. The summed E-state index contributed by atoms with van der Waals surface area (Å²) in [6.07, 6.45) is 5.38. The molecule has 19 heavy (non-hydrogen) atoms. The highest BCUT2D eigenvalue weighted by molar-refractivity contribution is 4.76. The maximum atomic E-state index is 9.61. The largest absolute Gasteiger partial charge is 0.396 e. The van der Waals surface area contributed by atoms with E-state index in [9.17, 15) is 5.11 Å². The van der Waals surface area contributed by atoms with Crippen LogP contribution in [0.1, 0.15) is 46.0 Å². The second-order valence-corrected chi connectivity index (χ2v) is 5.08. The molecule has 0 saturated heterocycles. The monoisotopic (exact) mass is 276 g/mol. The van der Waals surface area contributed by atoms with Crippen molar-refractivity contribution in [1.82, 2.24) is 0 Å². The summed E-state index contributed by atoms with van der Waals surface area (Å²) >= 11 is 0. The van der Waals surface area contributed by atoms with Gasteiger partial charge in [0.2, 0.25) is 0 Å². The van der Waals surface area contributed by atoms with E-state index in [1.54, 1.807) is 7.11 Å². The molecule has 4 nitrogen and oxygen atoms in total. The molecule has 1 N–H and O–H groups in total. The van der Waals surface area contributed by atoms with E-state index in [1.165, 1.54) is 12.8 Å². The van der Waals surface area contributed by atoms with Crippen LogP contribution in [-0.2, 0) is 14.2 Å². The van der Waals surface area contributed by atoms with Crippen LogP contribution in [0.25, 0.3) is 0 Å². The first-order valence-electron chi connectivity index (χ1n) is 7.50. The van der Waals surface area contributed by atoms with Gasteiger partial charge >= 0.3 is 0 Å². The summed E-state index contributed by atoms with van der Waals surface area (Å²) in [5, 5.41) is 9.61. The molecule has 0 amide bonds. The number of aliphatic hydroxyl groups is 1. The van der Waals surface area contributed by atoms with Gasteiger partial charge in [0.25, 0.3) is 0 Å². The fourth-order valence-corrected chi connectivity index (χ4v) is 2.05. The summed E-state index contributed by atoms with van der Waals surface area (Å²) in [5.74, 6) is 0. The predicted molar refractivity (Wildman–Crippen MR) is 77.5 cm³/mol. The summed E-state index contributed by atoms with van der Waals surface area (Å²) in [5.41, 5.74) is 0.0485. The summed E-state index contributed by atoms with van der Waals surface area (Å²) in [4.78, 5) is 0. The Labute approximate surface area is 118 Å². The van der Waals surface area contributed by atoms with Crippen LogP contribution in [0.15, 0.2) is 0 Å². The highest BCUT2D eigenvalue weighted by atomic mass is 16.5. The molecular weight excluding hydrogens is 244 g/mol. The average molecular weight is 276 g/mol. The first-order chi connectivity index (χ1) is 9.24. The lowest BCUT2D eigenvalue weighted by molar-refractivity contribution is 0.00645. The molecule has 116 valence electrons. The number of ether oxygens (including phenoxy) is 3. The van der Waals surface area contributed by atoms with Gasteiger partial charge in [-0.25, -0.2) is 0 Å². The number of hydrogen-bond acceptors (Lipinski definition) is 4. The topological polar surface area (TPSA) is 47.9 Å². The molecule has 0 heterocycles. The van der Waals surface area contributed by atoms with Crippen molar-refractivity contribution >= 4 is 0 Å². The Morgan fingerprint density at radius 2 is 1.53 bits per heavy atom. The molecule has 0 saturated carbocycles. The molecular formula is C15H32O4. The first-order valence-corrected chi connectivity index (χ1v) is 7.50. The molecule has 0 spiro atoms. The van der Waals surface area contributed by atoms with Gasteiger partial charge in [0.05, 0.1) is 26.4 Å². The van der Waals surface area contributed by atoms with Gasteiger partial charge in [-0.3, -0.25) is 0 Å². The number of unbranched alkanes of at least 4 members (excludes halogenated alkanes) is 1. The lowest BCUT2D eigenvalue weighted by atomic mass is 9.78. The molecule has 0 aromatic carbocycles. The second-order valence-electron chi connectivity index (χ2n) is 5.08. The Morgan fingerprint density at radius 1 is 0.895 bits per heavy atom. The maximum absolute atomic E-state index is 9.61. The molecule has 0 aliphatic rings. The van der Waals surface area contributed by atoms with Gasteiger partial charge in [0.1, 0.15) is 0 Å². The molecule has 0 fully saturated rings. The summed E-state index contributed by atoms with van der Waals surface area (Å²) in [7, 11) is 1.66. The third kappa shape index (κ3) is 9.38. The van der Waals surface area contributed by atoms with Crippen LogP contribution in [0.3, 0.4) is 0 Å². The van der Waals surface area contributed by atoms with Gasteiger partial charge in [0.15, 0.2) is 0 Å². The normalized spacial score (nSPS) is 14.5. The van der Waals surface area contributed by atoms with E-state index < -0.39 is 0 Å². The SMILES string of the molecule is CCCCC(CC)(CO)CCOCCOCCOC. The fraction of sp³-hybridized carbons (Fsp3) is 1.00. The van der Waals surface area contributed by atoms with E-state index in [2.05, 4.69) is 13.8 Å². The third-order valence-electron chi connectivity index (χ3n) is 3.73. The van der Waals surface area contributed by atoms with Gasteiger partial charge in [-0.15, -0.1) is 0 Å². The highest BCUT2D eigenvalue weighted by Gasteiger charge is 2.26. The maximum Gasteiger partial charge on any atom is 0.0701 e. The number of rotatable bonds is 14. The van der Waals surface area contributed by atoms with E-state index in [1.807, 2.05) is 0 Å². The Morgan fingerprint density at radius 3 is 2.05 bits per heavy atom. The van der Waals surface area contributed by atoms with Crippen LogP contribution in [0.4, 0.5) is 0 Å². The van der Waals surface area contributed by atoms with Crippen LogP contribution >= 0.6 is 0 Å². The van der Waals surface area contributed by atoms with Crippen LogP contribution in [-0.4, -0.2) is 51.9 Å². The van der Waals surface area contributed by atoms with Crippen molar-refractivity contribution in [2.45, 2.75) is 46.0 Å². The molecule has 1 unspecified atom stereocenters. The number of aliphatic hydroxyl groups excluding tert-OH is 1. The van der Waals surface area contributed by atoms with Crippen molar-refractivity contribution < 1.29 is 19.3 Å². The number of methoxy groups -OCH3 is 1. The molecule has 0 aromatic heterocycles. The van der Waals surface area contributed by atoms with E-state index in [-0.39, 0.29) is 12.0 Å². The van der Waals surface area contributed by atoms with E-state index in [0.29, 0.717) is 33.0 Å². The minimum atomic E-state index is 0.0485. The molecule has 1 atom stereocenters.